The first-order valence-electron chi connectivity index (χ1n) is 6.61. The molecule has 5 heteroatoms. The van der Waals surface area contributed by atoms with Crippen LogP contribution in [-0.2, 0) is 6.42 Å². The smallest absolute Gasteiger partial charge is 0.258 e. The minimum absolute atomic E-state index is 0.0791. The maximum absolute atomic E-state index is 13.4. The van der Waals surface area contributed by atoms with E-state index in [4.69, 9.17) is 0 Å². The summed E-state index contributed by atoms with van der Waals surface area (Å²) in [6.45, 7) is 0.396. The number of aryl methyl sites for hydroxylation is 1. The number of carbonyl (C=O) groups is 1. The number of halogens is 3. The van der Waals surface area contributed by atoms with Gasteiger partial charge in [-0.1, -0.05) is 6.07 Å². The summed E-state index contributed by atoms with van der Waals surface area (Å²) in [7, 11) is 0. The first-order chi connectivity index (χ1) is 10.0. The fourth-order valence-electron chi connectivity index (χ4n) is 2.59. The average molecular weight is 291 g/mol. The monoisotopic (exact) mass is 291 g/mol. The van der Waals surface area contributed by atoms with Crippen molar-refractivity contribution in [3.8, 4) is 0 Å². The molecule has 21 heavy (non-hydrogen) atoms. The van der Waals surface area contributed by atoms with Crippen molar-refractivity contribution < 1.29 is 18.0 Å². The number of anilines is 1. The molecule has 0 bridgehead atoms. The van der Waals surface area contributed by atoms with E-state index < -0.39 is 23.4 Å². The molecule has 1 heterocycles. The van der Waals surface area contributed by atoms with Crippen molar-refractivity contribution in [2.24, 2.45) is 0 Å². The molecule has 0 fully saturated rings. The highest BCUT2D eigenvalue weighted by atomic mass is 19.1. The van der Waals surface area contributed by atoms with Crippen LogP contribution in [0, 0.1) is 17.5 Å². The lowest BCUT2D eigenvalue weighted by Gasteiger charge is -2.29. The highest BCUT2D eigenvalue weighted by molar-refractivity contribution is 6.06. The Morgan fingerprint density at radius 1 is 0.952 bits per heavy atom. The van der Waals surface area contributed by atoms with E-state index in [0.717, 1.165) is 30.5 Å². The van der Waals surface area contributed by atoms with Crippen molar-refractivity contribution in [2.75, 3.05) is 11.4 Å². The Morgan fingerprint density at radius 3 is 2.38 bits per heavy atom. The number of hydrogen-bond acceptors (Lipinski definition) is 1. The Morgan fingerprint density at radius 2 is 1.67 bits per heavy atom. The van der Waals surface area contributed by atoms with Gasteiger partial charge in [0.25, 0.3) is 5.91 Å². The molecule has 0 radical (unpaired) electrons. The third-order valence-corrected chi connectivity index (χ3v) is 3.52. The van der Waals surface area contributed by atoms with Gasteiger partial charge in [0.05, 0.1) is 5.69 Å². The van der Waals surface area contributed by atoms with Gasteiger partial charge in [-0.15, -0.1) is 0 Å². The van der Waals surface area contributed by atoms with Gasteiger partial charge in [-0.05, 0) is 42.7 Å². The molecule has 0 aliphatic carbocycles. The third kappa shape index (κ3) is 2.63. The zero-order valence-corrected chi connectivity index (χ0v) is 11.1. The van der Waals surface area contributed by atoms with Crippen molar-refractivity contribution in [3.63, 3.8) is 0 Å². The molecule has 0 spiro atoms. The summed E-state index contributed by atoms with van der Waals surface area (Å²) in [5, 5.41) is 0. The van der Waals surface area contributed by atoms with E-state index in [1.807, 2.05) is 0 Å². The van der Waals surface area contributed by atoms with E-state index in [2.05, 4.69) is 0 Å². The van der Waals surface area contributed by atoms with Crippen molar-refractivity contribution in [1.29, 1.82) is 0 Å². The third-order valence-electron chi connectivity index (χ3n) is 3.52. The number of benzene rings is 2. The van der Waals surface area contributed by atoms with Crippen LogP contribution in [0.25, 0.3) is 0 Å². The molecule has 0 N–H and O–H groups in total. The Bertz CT molecular complexity index is 694. The van der Waals surface area contributed by atoms with E-state index in [1.54, 1.807) is 6.07 Å². The first kappa shape index (κ1) is 13.7. The van der Waals surface area contributed by atoms with Crippen molar-refractivity contribution in [3.05, 3.63) is 65.0 Å². The van der Waals surface area contributed by atoms with Gasteiger partial charge in [-0.2, -0.15) is 0 Å². The number of rotatable bonds is 1. The standard InChI is InChI=1S/C16H12F3NO/c17-12-4-3-10-2-1-5-20(15(10)9-12)16(21)11-6-13(18)8-14(19)7-11/h3-4,6-9H,1-2,5H2. The van der Waals surface area contributed by atoms with Crippen LogP contribution in [0.15, 0.2) is 36.4 Å². The van der Waals surface area contributed by atoms with E-state index in [-0.39, 0.29) is 5.56 Å². The molecule has 0 atom stereocenters. The predicted molar refractivity (Wildman–Crippen MR) is 72.8 cm³/mol. The highest BCUT2D eigenvalue weighted by Gasteiger charge is 2.24. The van der Waals surface area contributed by atoms with Gasteiger partial charge in [-0.3, -0.25) is 4.79 Å². The number of hydrogen-bond donors (Lipinski definition) is 0. The zero-order chi connectivity index (χ0) is 15.0. The van der Waals surface area contributed by atoms with Gasteiger partial charge in [-0.25, -0.2) is 13.2 Å². The molecule has 0 aromatic heterocycles. The van der Waals surface area contributed by atoms with Crippen LogP contribution in [0.1, 0.15) is 22.3 Å². The Labute approximate surface area is 119 Å². The van der Waals surface area contributed by atoms with E-state index >= 15 is 0 Å². The number of nitrogens with zero attached hydrogens (tertiary/aromatic N) is 1. The lowest BCUT2D eigenvalue weighted by Crippen LogP contribution is -2.35. The summed E-state index contributed by atoms with van der Waals surface area (Å²) in [5.74, 6) is -2.59. The summed E-state index contributed by atoms with van der Waals surface area (Å²) in [4.78, 5) is 13.8. The SMILES string of the molecule is O=C(c1cc(F)cc(F)c1)N1CCCc2ccc(F)cc21. The minimum Gasteiger partial charge on any atom is -0.308 e. The second-order valence-electron chi connectivity index (χ2n) is 4.99. The van der Waals surface area contributed by atoms with Gasteiger partial charge in [0.1, 0.15) is 17.5 Å². The lowest BCUT2D eigenvalue weighted by molar-refractivity contribution is 0.0984. The largest absolute Gasteiger partial charge is 0.308 e. The van der Waals surface area contributed by atoms with Crippen molar-refractivity contribution >= 4 is 11.6 Å². The molecule has 1 amide bonds. The van der Waals surface area contributed by atoms with Gasteiger partial charge >= 0.3 is 0 Å². The van der Waals surface area contributed by atoms with Crippen LogP contribution in [0.3, 0.4) is 0 Å². The summed E-state index contributed by atoms with van der Waals surface area (Å²) >= 11 is 0. The summed E-state index contributed by atoms with van der Waals surface area (Å²) in [6.07, 6.45) is 1.47. The van der Waals surface area contributed by atoms with Crippen LogP contribution < -0.4 is 4.90 Å². The molecule has 2 nitrogen and oxygen atoms in total. The van der Waals surface area contributed by atoms with Gasteiger partial charge in [0.15, 0.2) is 0 Å². The van der Waals surface area contributed by atoms with E-state index in [0.29, 0.717) is 18.3 Å². The Kier molecular flexibility index (Phi) is 3.41. The normalized spacial score (nSPS) is 14.0. The molecular weight excluding hydrogens is 279 g/mol. The number of carbonyl (C=O) groups excluding carboxylic acids is 1. The van der Waals surface area contributed by atoms with Crippen LogP contribution in [0.4, 0.5) is 18.9 Å². The highest BCUT2D eigenvalue weighted by Crippen LogP contribution is 2.29. The Hall–Kier alpha value is -2.30. The molecular formula is C16H12F3NO. The molecule has 0 saturated heterocycles. The molecule has 1 aliphatic heterocycles. The van der Waals surface area contributed by atoms with Crippen LogP contribution in [0.5, 0.6) is 0 Å². The lowest BCUT2D eigenvalue weighted by atomic mass is 10.0. The topological polar surface area (TPSA) is 20.3 Å². The summed E-state index contributed by atoms with van der Waals surface area (Å²) in [6, 6.07) is 6.94. The molecule has 3 rings (SSSR count). The van der Waals surface area contributed by atoms with Gasteiger partial charge in [0.2, 0.25) is 0 Å². The Balaban J connectivity index is 2.01. The number of fused-ring (bicyclic) bond motifs is 1. The van der Waals surface area contributed by atoms with Gasteiger partial charge in [0, 0.05) is 18.2 Å². The molecule has 0 saturated carbocycles. The summed E-state index contributed by atoms with van der Waals surface area (Å²) in [5.41, 5.74) is 1.24. The predicted octanol–water partition coefficient (Wildman–Crippen LogP) is 3.70. The fraction of sp³-hybridized carbons (Fsp3) is 0.188. The molecule has 2 aromatic rings. The minimum atomic E-state index is -0.810. The second-order valence-corrected chi connectivity index (χ2v) is 4.99. The zero-order valence-electron chi connectivity index (χ0n) is 11.1. The maximum Gasteiger partial charge on any atom is 0.258 e. The van der Waals surface area contributed by atoms with E-state index in [9.17, 15) is 18.0 Å². The maximum atomic E-state index is 13.4. The summed E-state index contributed by atoms with van der Waals surface area (Å²) < 4.78 is 39.9. The van der Waals surface area contributed by atoms with Gasteiger partial charge < -0.3 is 4.90 Å². The fourth-order valence-corrected chi connectivity index (χ4v) is 2.59. The van der Waals surface area contributed by atoms with Crippen LogP contribution >= 0.6 is 0 Å². The first-order valence-corrected chi connectivity index (χ1v) is 6.61. The average Bonchev–Trinajstić information content (AvgIpc) is 2.44. The molecule has 2 aromatic carbocycles. The quantitative estimate of drug-likeness (QED) is 0.784. The second kappa shape index (κ2) is 5.24. The van der Waals surface area contributed by atoms with E-state index in [1.165, 1.54) is 17.0 Å². The van der Waals surface area contributed by atoms with Crippen molar-refractivity contribution in [1.82, 2.24) is 0 Å². The van der Waals surface area contributed by atoms with Crippen LogP contribution in [-0.4, -0.2) is 12.5 Å². The van der Waals surface area contributed by atoms with Crippen molar-refractivity contribution in [2.45, 2.75) is 12.8 Å². The molecule has 108 valence electrons. The molecule has 1 aliphatic rings. The number of amides is 1. The van der Waals surface area contributed by atoms with Crippen LogP contribution in [0.2, 0.25) is 0 Å². The molecule has 0 unspecified atom stereocenters.